The maximum absolute atomic E-state index is 6.63. The van der Waals surface area contributed by atoms with Gasteiger partial charge in [-0.3, -0.25) is 0 Å². The normalized spacial score (nSPS) is 11.8. The number of hydrogen-bond donors (Lipinski definition) is 0. The van der Waals surface area contributed by atoms with Crippen molar-refractivity contribution in [2.45, 2.75) is 0 Å². The van der Waals surface area contributed by atoms with E-state index in [-0.39, 0.29) is 0 Å². The third-order valence-electron chi connectivity index (χ3n) is 9.14. The van der Waals surface area contributed by atoms with Gasteiger partial charge in [-0.05, 0) is 40.8 Å². The molecule has 5 heteroatoms. The van der Waals surface area contributed by atoms with Crippen molar-refractivity contribution in [3.8, 4) is 45.3 Å². The minimum absolute atomic E-state index is 0.623. The summed E-state index contributed by atoms with van der Waals surface area (Å²) in [4.78, 5) is 15.7. The molecule has 3 aromatic heterocycles. The lowest BCUT2D eigenvalue weighted by Crippen LogP contribution is -2.01. The first-order valence-corrected chi connectivity index (χ1v) is 16.8. The van der Waals surface area contributed by atoms with Crippen LogP contribution in [0, 0.1) is 0 Å². The number of benzene rings is 7. The standard InChI is InChI=1S/C43H25N3OS/c1-3-13-26(14-4-1)28-19-11-20-30-34(25-33-29-17-7-9-22-35(29)47-40(33)39(28)30)43-45-41(27-15-5-2-6-16-27)44-42(46-43)32-21-12-24-37-38(32)31-18-8-10-23-36(31)48-37/h1-25H. The van der Waals surface area contributed by atoms with E-state index in [1.54, 1.807) is 11.3 Å². The Morgan fingerprint density at radius 2 is 1.00 bits per heavy atom. The number of aromatic nitrogens is 3. The van der Waals surface area contributed by atoms with Crippen molar-refractivity contribution in [3.05, 3.63) is 152 Å². The lowest BCUT2D eigenvalue weighted by molar-refractivity contribution is 0.673. The quantitative estimate of drug-likeness (QED) is 0.194. The van der Waals surface area contributed by atoms with Gasteiger partial charge in [-0.25, -0.2) is 15.0 Å². The van der Waals surface area contributed by atoms with Crippen LogP contribution >= 0.6 is 11.3 Å². The summed E-state index contributed by atoms with van der Waals surface area (Å²) in [6, 6.07) is 52.5. The van der Waals surface area contributed by atoms with Crippen LogP contribution in [-0.2, 0) is 0 Å². The van der Waals surface area contributed by atoms with E-state index in [1.165, 1.54) is 20.2 Å². The maximum Gasteiger partial charge on any atom is 0.164 e. The van der Waals surface area contributed by atoms with Crippen LogP contribution in [0.3, 0.4) is 0 Å². The molecule has 0 aliphatic carbocycles. The second-order valence-corrected chi connectivity index (χ2v) is 13.0. The van der Waals surface area contributed by atoms with Crippen molar-refractivity contribution in [1.82, 2.24) is 15.0 Å². The van der Waals surface area contributed by atoms with Gasteiger partial charge in [0.2, 0.25) is 0 Å². The number of thiophene rings is 1. The van der Waals surface area contributed by atoms with Gasteiger partial charge in [0.05, 0.1) is 0 Å². The van der Waals surface area contributed by atoms with E-state index in [0.29, 0.717) is 17.5 Å². The van der Waals surface area contributed by atoms with Crippen LogP contribution < -0.4 is 0 Å². The van der Waals surface area contributed by atoms with Gasteiger partial charge in [0.1, 0.15) is 11.2 Å². The fourth-order valence-corrected chi connectivity index (χ4v) is 8.11. The molecule has 0 amide bonds. The Balaban J connectivity index is 1.33. The largest absolute Gasteiger partial charge is 0.455 e. The smallest absolute Gasteiger partial charge is 0.164 e. The van der Waals surface area contributed by atoms with E-state index >= 15 is 0 Å². The van der Waals surface area contributed by atoms with Crippen LogP contribution in [0.2, 0.25) is 0 Å². The molecule has 0 radical (unpaired) electrons. The Hall–Kier alpha value is -6.17. The van der Waals surface area contributed by atoms with E-state index in [9.17, 15) is 0 Å². The second kappa shape index (κ2) is 10.7. The van der Waals surface area contributed by atoms with Crippen molar-refractivity contribution in [1.29, 1.82) is 0 Å². The van der Waals surface area contributed by atoms with Crippen LogP contribution in [0.25, 0.3) is 98.2 Å². The van der Waals surface area contributed by atoms with Crippen molar-refractivity contribution in [3.63, 3.8) is 0 Å². The SMILES string of the molecule is c1ccc(-c2nc(-c3cc4c5ccccc5oc4c4c(-c5ccccc5)cccc34)nc(-c3cccc4sc5ccccc5c34)n2)cc1. The highest BCUT2D eigenvalue weighted by Gasteiger charge is 2.22. The molecule has 0 saturated heterocycles. The number of rotatable bonds is 4. The number of furan rings is 1. The number of fused-ring (bicyclic) bond motifs is 8. The first-order valence-electron chi connectivity index (χ1n) is 15.9. The lowest BCUT2D eigenvalue weighted by atomic mass is 9.93. The predicted octanol–water partition coefficient (Wildman–Crippen LogP) is 12.0. The summed E-state index contributed by atoms with van der Waals surface area (Å²) in [5.41, 5.74) is 6.81. The summed E-state index contributed by atoms with van der Waals surface area (Å²) in [6.07, 6.45) is 0. The van der Waals surface area contributed by atoms with Gasteiger partial charge >= 0.3 is 0 Å². The van der Waals surface area contributed by atoms with E-state index in [1.807, 2.05) is 36.4 Å². The Kier molecular flexibility index (Phi) is 6.01. The number of nitrogens with zero attached hydrogens (tertiary/aromatic N) is 3. The van der Waals surface area contributed by atoms with E-state index in [2.05, 4.69) is 115 Å². The molecule has 4 nitrogen and oxygen atoms in total. The molecule has 0 spiro atoms. The second-order valence-electron chi connectivity index (χ2n) is 11.9. The molecule has 0 fully saturated rings. The van der Waals surface area contributed by atoms with Gasteiger partial charge < -0.3 is 4.42 Å². The highest BCUT2D eigenvalue weighted by Crippen LogP contribution is 2.44. The van der Waals surface area contributed by atoms with E-state index in [4.69, 9.17) is 19.4 Å². The molecule has 3 heterocycles. The minimum Gasteiger partial charge on any atom is -0.455 e. The summed E-state index contributed by atoms with van der Waals surface area (Å²) in [7, 11) is 0. The zero-order valence-corrected chi connectivity index (χ0v) is 26.4. The van der Waals surface area contributed by atoms with Crippen molar-refractivity contribution in [2.75, 3.05) is 0 Å². The first-order chi connectivity index (χ1) is 23.8. The Morgan fingerprint density at radius 1 is 0.396 bits per heavy atom. The van der Waals surface area contributed by atoms with Crippen molar-refractivity contribution < 1.29 is 4.42 Å². The molecule has 10 rings (SSSR count). The number of hydrogen-bond acceptors (Lipinski definition) is 5. The molecule has 0 bridgehead atoms. The van der Waals surface area contributed by atoms with Crippen molar-refractivity contribution in [2.24, 2.45) is 0 Å². The molecule has 0 aliphatic heterocycles. The van der Waals surface area contributed by atoms with E-state index in [0.717, 1.165) is 60.5 Å². The summed E-state index contributed by atoms with van der Waals surface area (Å²) < 4.78 is 9.09. The van der Waals surface area contributed by atoms with Gasteiger partial charge in [-0.2, -0.15) is 0 Å². The molecule has 7 aromatic carbocycles. The van der Waals surface area contributed by atoms with Crippen molar-refractivity contribution >= 4 is 64.2 Å². The van der Waals surface area contributed by atoms with Gasteiger partial charge in [0.25, 0.3) is 0 Å². The third-order valence-corrected chi connectivity index (χ3v) is 10.3. The average Bonchev–Trinajstić information content (AvgIpc) is 3.73. The van der Waals surface area contributed by atoms with Gasteiger partial charge in [-0.1, -0.05) is 127 Å². The molecule has 10 aromatic rings. The summed E-state index contributed by atoms with van der Waals surface area (Å²) in [5.74, 6) is 1.91. The Morgan fingerprint density at radius 3 is 1.83 bits per heavy atom. The molecule has 0 unspecified atom stereocenters. The fraction of sp³-hybridized carbons (Fsp3) is 0. The number of para-hydroxylation sites is 1. The third kappa shape index (κ3) is 4.18. The highest BCUT2D eigenvalue weighted by molar-refractivity contribution is 7.25. The molecule has 0 saturated carbocycles. The van der Waals surface area contributed by atoms with Crippen LogP contribution in [0.15, 0.2) is 156 Å². The lowest BCUT2D eigenvalue weighted by Gasteiger charge is -2.13. The molecule has 0 aliphatic rings. The van der Waals surface area contributed by atoms with E-state index < -0.39 is 0 Å². The molecule has 48 heavy (non-hydrogen) atoms. The zero-order valence-electron chi connectivity index (χ0n) is 25.6. The summed E-state index contributed by atoms with van der Waals surface area (Å²) in [5, 5.41) is 6.54. The van der Waals surface area contributed by atoms with Gasteiger partial charge in [-0.15, -0.1) is 11.3 Å². The Bertz CT molecular complexity index is 2840. The summed E-state index contributed by atoms with van der Waals surface area (Å²) in [6.45, 7) is 0. The monoisotopic (exact) mass is 631 g/mol. The zero-order chi connectivity index (χ0) is 31.6. The first kappa shape index (κ1) is 27.0. The van der Waals surface area contributed by atoms with Gasteiger partial charge in [0, 0.05) is 53.0 Å². The summed E-state index contributed by atoms with van der Waals surface area (Å²) >= 11 is 1.79. The molecule has 0 atom stereocenters. The molecule has 0 N–H and O–H groups in total. The minimum atomic E-state index is 0.623. The van der Waals surface area contributed by atoms with Crippen LogP contribution in [0.1, 0.15) is 0 Å². The van der Waals surface area contributed by atoms with Crippen LogP contribution in [0.5, 0.6) is 0 Å². The molecular formula is C43H25N3OS. The van der Waals surface area contributed by atoms with Gasteiger partial charge in [0.15, 0.2) is 17.5 Å². The predicted molar refractivity (Wildman–Crippen MR) is 199 cm³/mol. The van der Waals surface area contributed by atoms with Crippen LogP contribution in [-0.4, -0.2) is 15.0 Å². The maximum atomic E-state index is 6.63. The Labute approximate surface area is 279 Å². The highest BCUT2D eigenvalue weighted by atomic mass is 32.1. The van der Waals surface area contributed by atoms with Crippen LogP contribution in [0.4, 0.5) is 0 Å². The average molecular weight is 632 g/mol. The molecule has 224 valence electrons. The molecular weight excluding hydrogens is 607 g/mol. The fourth-order valence-electron chi connectivity index (χ4n) is 6.98. The topological polar surface area (TPSA) is 51.8 Å².